The summed E-state index contributed by atoms with van der Waals surface area (Å²) in [4.78, 5) is 27.0. The molecule has 4 aliphatic rings. The first-order valence-electron chi connectivity index (χ1n) is 21.2. The second-order valence-electron chi connectivity index (χ2n) is 17.2. The Bertz CT molecular complexity index is 1530. The second kappa shape index (κ2) is 71.1. The quantitative estimate of drug-likeness (QED) is 0.0506. The largest absolute Gasteiger partial charge is 0.670 e. The third-order valence-electron chi connectivity index (χ3n) is 11.6. The molecule has 26 nitrogen and oxygen atoms in total. The monoisotopic (exact) mass is 4370 g/mol. The first kappa shape index (κ1) is 133. The van der Waals surface area contributed by atoms with Crippen molar-refractivity contribution < 1.29 is 775 Å². The smallest absolute Gasteiger partial charge is 0.366 e. The van der Waals surface area contributed by atoms with Crippen molar-refractivity contribution in [3.05, 3.63) is 24.1 Å². The molecular formula is C40H73Ac15N3O23-2. The van der Waals surface area contributed by atoms with Gasteiger partial charge in [0.1, 0.15) is 48.8 Å². The van der Waals surface area contributed by atoms with E-state index in [9.17, 15) is 65.8 Å². The molecule has 15 N–H and O–H groups in total. The van der Waals surface area contributed by atoms with E-state index in [1.54, 1.807) is 13.0 Å². The van der Waals surface area contributed by atoms with Crippen LogP contribution in [0.4, 0.5) is 0 Å². The van der Waals surface area contributed by atoms with Gasteiger partial charge < -0.3 is 121 Å². The van der Waals surface area contributed by atoms with Crippen LogP contribution in [0.3, 0.4) is 0 Å². The van der Waals surface area contributed by atoms with Crippen molar-refractivity contribution in [2.75, 3.05) is 61.8 Å². The zero-order valence-corrected chi connectivity index (χ0v) is 118. The summed E-state index contributed by atoms with van der Waals surface area (Å²) in [5.41, 5.74) is 16.0. The van der Waals surface area contributed by atoms with Crippen LogP contribution in [-0.4, -0.2) is 267 Å². The minimum Gasteiger partial charge on any atom is -0.670 e. The van der Waals surface area contributed by atoms with Crippen molar-refractivity contribution >= 4 is 11.9 Å². The van der Waals surface area contributed by atoms with E-state index in [4.69, 9.17) is 54.8 Å². The Hall–Kier alpha value is 19.4. The van der Waals surface area contributed by atoms with Gasteiger partial charge >= 0.3 is 11.9 Å². The summed E-state index contributed by atoms with van der Waals surface area (Å²) in [5, 5.41) is 129. The molecule has 0 bridgehead atoms. The van der Waals surface area contributed by atoms with Crippen LogP contribution < -0.4 is 0 Å². The molecule has 0 spiro atoms. The molecule has 4 rings (SSSR count). The molecule has 22 atom stereocenters. The van der Waals surface area contributed by atoms with Gasteiger partial charge in [0.15, 0.2) is 6.29 Å². The van der Waals surface area contributed by atoms with Gasteiger partial charge in [0.25, 0.3) is 11.6 Å². The van der Waals surface area contributed by atoms with Gasteiger partial charge in [-0.1, -0.05) is 32.0 Å². The number of aliphatic hydroxyl groups is 13. The number of nitrogens with one attached hydrogen (secondary N) is 2. The van der Waals surface area contributed by atoms with Gasteiger partial charge in [0.2, 0.25) is 0 Å². The van der Waals surface area contributed by atoms with Crippen LogP contribution in [0.5, 0.6) is 0 Å². The maximum Gasteiger partial charge on any atom is 0.366 e. The van der Waals surface area contributed by atoms with E-state index in [2.05, 4.69) is 11.3 Å². The van der Waals surface area contributed by atoms with Crippen LogP contribution in [0.2, 0.25) is 0 Å². The van der Waals surface area contributed by atoms with Gasteiger partial charge in [-0.3, -0.25) is 0 Å². The van der Waals surface area contributed by atoms with E-state index in [1.807, 2.05) is 26.0 Å². The third kappa shape index (κ3) is 44.0. The molecule has 0 aromatic heterocycles. The van der Waals surface area contributed by atoms with E-state index in [1.165, 1.54) is 6.92 Å². The van der Waals surface area contributed by atoms with E-state index in [0.717, 1.165) is 14.2 Å². The number of hydrogen-bond acceptors (Lipinski definition) is 24. The minimum absolute atomic E-state index is 0. The second-order valence-corrected chi connectivity index (χ2v) is 17.2. The summed E-state index contributed by atoms with van der Waals surface area (Å²) in [6.07, 6.45) is -22.1. The number of aliphatic hydroxyl groups excluding tert-OH is 13. The number of esters is 2. The number of ether oxygens (including phenoxy) is 8. The van der Waals surface area contributed by atoms with Crippen molar-refractivity contribution in [2.24, 2.45) is 11.8 Å². The molecule has 15 radical (unpaired) electrons. The summed E-state index contributed by atoms with van der Waals surface area (Å²) in [5.74, 6) is -8.05. The molecule has 4 saturated heterocycles. The topological polar surface area (TPSA) is 422 Å². The number of rotatable bonds is 16. The number of hydrogen-bond donors (Lipinski definition) is 13. The molecule has 0 aliphatic carbocycles. The van der Waals surface area contributed by atoms with Gasteiger partial charge in [0.05, 0.1) is 71.2 Å². The van der Waals surface area contributed by atoms with E-state index in [-0.39, 0.29) is 661 Å². The Labute approximate surface area is 1010 Å². The summed E-state index contributed by atoms with van der Waals surface area (Å²) < 4.78 is 42.6. The standard InChI is InChI=1S/C20H34NO11.C17H30NO12.C3H9N.15Ac/c1-4-5-12-9(2)15(25)17(27)13(31-12)8-30-20(19(28)29-3)6-10(23)14(21)18(32-20)16(26)11(24)7-22;1-6-11(22)13(24)9(29-15(6)25)5-28-17(16(26)27-2)3-7(20)10(18)14(30-17)12(23)8(21)4-19;1-4(2)3;;;;;;;;;;;;;;;/h4,9-18,21-27H,1,5-8H2,2-3H3;6-15,18-25H,3-5H2,1-2H3;1-3H3;;;;;;;;;;;;;;;/q2*-1;;;;;;;;;;;;;;;;/t9-,10?,11?,12+,13+,14?,15?,16?,17?,18?,20?;6-,7?,8?,9-,10?,11?,12?,13?,14?,15?,17?;;;;;;;;;;;;;;;;/m01................/s1. The number of nitrogens with zero attached hydrogens (tertiary/aromatic N) is 1. The van der Waals surface area contributed by atoms with Crippen LogP contribution in [0.25, 0.3) is 11.5 Å². The Morgan fingerprint density at radius 3 is 1.15 bits per heavy atom. The summed E-state index contributed by atoms with van der Waals surface area (Å²) >= 11 is 0. The van der Waals surface area contributed by atoms with Gasteiger partial charge in [-0.25, -0.2) is 9.59 Å². The molecule has 0 aromatic rings. The maximum atomic E-state index is 12.6. The normalized spacial score (nSPS) is 33.5. The van der Waals surface area contributed by atoms with Crippen molar-refractivity contribution in [1.29, 1.82) is 0 Å². The summed E-state index contributed by atoms with van der Waals surface area (Å²) in [6.45, 7) is 4.03. The molecule has 4 fully saturated rings. The third-order valence-corrected chi connectivity index (χ3v) is 11.6. The van der Waals surface area contributed by atoms with Crippen LogP contribution in [0.1, 0.15) is 33.1 Å². The van der Waals surface area contributed by atoms with E-state index >= 15 is 0 Å². The molecule has 17 unspecified atom stereocenters. The molecule has 81 heavy (non-hydrogen) atoms. The molecule has 0 aromatic carbocycles. The SMILES string of the molecule is C=CC[C@H]1O[C@H](COC2(C(=O)OC)CC(O)C([NH-])C(C(O)C(O)CO)O2)C(O)C(O)[C@H]1C.CN(C)C.COC(=O)C1(OC[C@H]2OC(O)[C@H](C)C(O)C2O)CC(O)C([NH-])C(C(O)C(O)CO)O1.[Ac].[Ac].[Ac].[Ac].[Ac].[Ac].[Ac].[Ac].[Ac].[Ac].[Ac].[Ac].[Ac].[Ac].[Ac]. The molecule has 0 amide bonds. The van der Waals surface area contributed by atoms with E-state index in [0.29, 0.717) is 6.42 Å². The van der Waals surface area contributed by atoms with Gasteiger partial charge in [-0.05, 0) is 27.6 Å². The molecule has 433 valence electrons. The van der Waals surface area contributed by atoms with Crippen LogP contribution >= 0.6 is 0 Å². The molecule has 4 heterocycles. The first-order chi connectivity index (χ1) is 30.7. The Morgan fingerprint density at radius 1 is 0.568 bits per heavy atom. The fraction of sp³-hybridized carbons (Fsp3) is 0.900. The Balaban J connectivity index is -0.0000000737. The van der Waals surface area contributed by atoms with Crippen molar-refractivity contribution in [1.82, 2.24) is 4.90 Å². The first-order valence-corrected chi connectivity index (χ1v) is 21.2. The van der Waals surface area contributed by atoms with Crippen molar-refractivity contribution in [2.45, 2.75) is 155 Å². The molecule has 0 saturated carbocycles. The van der Waals surface area contributed by atoms with Crippen LogP contribution in [0.15, 0.2) is 12.7 Å². The summed E-state index contributed by atoms with van der Waals surface area (Å²) in [6, 6.07) is -2.97. The van der Waals surface area contributed by atoms with Crippen LogP contribution in [0, 0.1) is 673 Å². The predicted octanol–water partition coefficient (Wildman–Crippen LogP) is -5.73. The van der Waals surface area contributed by atoms with E-state index < -0.39 is 185 Å². The maximum absolute atomic E-state index is 12.6. The molecular weight excluding hydrogens is 4300 g/mol. The average Bonchev–Trinajstić information content (AvgIpc) is 3.29. The molecule has 41 heteroatoms. The van der Waals surface area contributed by atoms with Crippen LogP contribution in [-0.2, 0) is 47.5 Å². The predicted molar refractivity (Wildman–Crippen MR) is 223 cm³/mol. The Kier molecular flexibility index (Phi) is 117. The fourth-order valence-corrected chi connectivity index (χ4v) is 7.43. The molecule has 4 aliphatic heterocycles. The number of methoxy groups -OCH3 is 2. The van der Waals surface area contributed by atoms with Gasteiger partial charge in [-0.15, -0.1) is 6.58 Å². The fourth-order valence-electron chi connectivity index (χ4n) is 7.43. The number of carbonyl (C=O) groups excluding carboxylic acids is 2. The Morgan fingerprint density at radius 2 is 0.864 bits per heavy atom. The van der Waals surface area contributed by atoms with Gasteiger partial charge in [-0.2, -0.15) is 0 Å². The minimum atomic E-state index is -2.35. The van der Waals surface area contributed by atoms with Crippen molar-refractivity contribution in [3.63, 3.8) is 0 Å². The number of carbonyl (C=O) groups is 2. The zero-order chi connectivity index (χ0) is 50.6. The van der Waals surface area contributed by atoms with Gasteiger partial charge in [0, 0.05) is 698 Å². The zero-order valence-electron chi connectivity index (χ0n) is 46.8. The average molecular weight is 4370 g/mol. The van der Waals surface area contributed by atoms with Crippen molar-refractivity contribution in [3.8, 4) is 0 Å². The summed E-state index contributed by atoms with van der Waals surface area (Å²) in [7, 11) is 8.05.